The van der Waals surface area contributed by atoms with Gasteiger partial charge in [-0.3, -0.25) is 0 Å². The van der Waals surface area contributed by atoms with Crippen LogP contribution in [0.25, 0.3) is 72.2 Å². The summed E-state index contributed by atoms with van der Waals surface area (Å²) in [6.45, 7) is 0. The second-order valence-electron chi connectivity index (χ2n) is 12.7. The Balaban J connectivity index is 1.27. The van der Waals surface area contributed by atoms with Gasteiger partial charge >= 0.3 is 0 Å². The number of benzene rings is 5. The molecule has 47 heavy (non-hydrogen) atoms. The maximum Gasteiger partial charge on any atom is 0.0631 e. The smallest absolute Gasteiger partial charge is 0.0631 e. The van der Waals surface area contributed by atoms with Crippen molar-refractivity contribution >= 4 is 83.5 Å². The topological polar surface area (TPSA) is 4.93 Å². The van der Waals surface area contributed by atoms with Crippen LogP contribution in [0, 0.1) is 0 Å². The molecule has 3 aliphatic carbocycles. The van der Waals surface area contributed by atoms with Crippen LogP contribution < -0.4 is 0 Å². The quantitative estimate of drug-likeness (QED) is 0.182. The zero-order valence-electron chi connectivity index (χ0n) is 25.9. The summed E-state index contributed by atoms with van der Waals surface area (Å²) in [6.07, 6.45) is 25.5. The van der Waals surface area contributed by atoms with Gasteiger partial charge < -0.3 is 4.57 Å². The van der Waals surface area contributed by atoms with Crippen molar-refractivity contribution < 1.29 is 0 Å². The molecule has 7 aromatic rings. The van der Waals surface area contributed by atoms with Crippen LogP contribution in [0.4, 0.5) is 0 Å². The molecule has 222 valence electrons. The van der Waals surface area contributed by atoms with Gasteiger partial charge in [-0.25, -0.2) is 0 Å². The summed E-state index contributed by atoms with van der Waals surface area (Å²) in [5, 5.41) is 6.68. The molecule has 2 heteroatoms. The van der Waals surface area contributed by atoms with Gasteiger partial charge in [0.05, 0.1) is 16.7 Å². The van der Waals surface area contributed by atoms with Gasteiger partial charge in [0.1, 0.15) is 0 Å². The average molecular weight is 618 g/mol. The van der Waals surface area contributed by atoms with E-state index >= 15 is 0 Å². The molecule has 3 aliphatic rings. The van der Waals surface area contributed by atoms with Gasteiger partial charge in [-0.1, -0.05) is 127 Å². The standard InChI is InChI=1S/C45H31NS/c1-2-4-13-30-22-24-33(36-19-11-15-29(12-3-1)43(30)36)32-23-26-40(34-16-6-5-14-31(34)28-32)46-39-20-9-7-17-35(39)37-25-27-42-44(45(37)46)38-18-8-10-21-41(38)47-42/h1-7,9-17,19-27H,8,18,28H2/b2-1-,12-3+,13-4+. The van der Waals surface area contributed by atoms with Crippen LogP contribution in [0.15, 0.2) is 134 Å². The van der Waals surface area contributed by atoms with E-state index in [2.05, 4.69) is 156 Å². The van der Waals surface area contributed by atoms with E-state index in [4.69, 9.17) is 0 Å². The number of allylic oxidation sites excluding steroid dienone is 8. The minimum Gasteiger partial charge on any atom is -0.308 e. The molecule has 0 radical (unpaired) electrons. The molecule has 10 rings (SSSR count). The molecule has 0 bridgehead atoms. The molecule has 0 unspecified atom stereocenters. The van der Waals surface area contributed by atoms with Crippen molar-refractivity contribution in [2.45, 2.75) is 19.3 Å². The Labute approximate surface area is 278 Å². The van der Waals surface area contributed by atoms with Crippen molar-refractivity contribution in [3.63, 3.8) is 0 Å². The minimum atomic E-state index is 0.868. The van der Waals surface area contributed by atoms with Crippen molar-refractivity contribution in [1.29, 1.82) is 0 Å². The molecular formula is C45H31NS. The summed E-state index contributed by atoms with van der Waals surface area (Å²) in [7, 11) is 0. The van der Waals surface area contributed by atoms with Crippen LogP contribution in [0.3, 0.4) is 0 Å². The first kappa shape index (κ1) is 26.7. The fourth-order valence-corrected chi connectivity index (χ4v) is 9.26. The van der Waals surface area contributed by atoms with Crippen LogP contribution in [0.5, 0.6) is 0 Å². The van der Waals surface area contributed by atoms with E-state index in [0.717, 1.165) is 19.3 Å². The van der Waals surface area contributed by atoms with E-state index in [1.165, 1.54) is 92.2 Å². The molecular weight excluding hydrogens is 587 g/mol. The second kappa shape index (κ2) is 10.6. The number of hydrogen-bond acceptors (Lipinski definition) is 1. The number of nitrogens with zero attached hydrogens (tertiary/aromatic N) is 1. The van der Waals surface area contributed by atoms with E-state index in [1.807, 2.05) is 11.3 Å². The Morgan fingerprint density at radius 2 is 1.43 bits per heavy atom. The highest BCUT2D eigenvalue weighted by atomic mass is 32.1. The predicted octanol–water partition coefficient (Wildman–Crippen LogP) is 12.2. The molecule has 0 N–H and O–H groups in total. The summed E-state index contributed by atoms with van der Waals surface area (Å²) >= 11 is 1.94. The van der Waals surface area contributed by atoms with Crippen molar-refractivity contribution in [2.24, 2.45) is 0 Å². The second-order valence-corrected chi connectivity index (χ2v) is 13.8. The molecule has 5 aromatic carbocycles. The maximum atomic E-state index is 2.58. The van der Waals surface area contributed by atoms with E-state index < -0.39 is 0 Å². The first-order valence-corrected chi connectivity index (χ1v) is 17.4. The number of aromatic nitrogens is 1. The predicted molar refractivity (Wildman–Crippen MR) is 205 cm³/mol. The number of aryl methyl sites for hydroxylation is 1. The largest absolute Gasteiger partial charge is 0.308 e. The first-order valence-electron chi connectivity index (χ1n) is 16.5. The third kappa shape index (κ3) is 4.08. The van der Waals surface area contributed by atoms with Gasteiger partial charge in [-0.15, -0.1) is 11.3 Å². The molecule has 0 saturated heterocycles. The van der Waals surface area contributed by atoms with Crippen molar-refractivity contribution in [1.82, 2.24) is 4.57 Å². The van der Waals surface area contributed by atoms with Gasteiger partial charge in [0.15, 0.2) is 0 Å². The molecule has 2 aromatic heterocycles. The highest BCUT2D eigenvalue weighted by Crippen LogP contribution is 2.45. The lowest BCUT2D eigenvalue weighted by molar-refractivity contribution is 1.01. The summed E-state index contributed by atoms with van der Waals surface area (Å²) in [5.74, 6) is 0. The fraction of sp³-hybridized carbons (Fsp3) is 0.0667. The van der Waals surface area contributed by atoms with Crippen LogP contribution >= 0.6 is 11.3 Å². The molecule has 0 fully saturated rings. The van der Waals surface area contributed by atoms with Crippen LogP contribution in [0.2, 0.25) is 0 Å². The summed E-state index contributed by atoms with van der Waals surface area (Å²) in [5.41, 5.74) is 13.1. The number of hydrogen-bond donors (Lipinski definition) is 0. The van der Waals surface area contributed by atoms with Crippen molar-refractivity contribution in [3.05, 3.63) is 172 Å². The van der Waals surface area contributed by atoms with E-state index in [0.29, 0.717) is 0 Å². The average Bonchev–Trinajstić information content (AvgIpc) is 3.62. The first-order chi connectivity index (χ1) is 23.3. The lowest BCUT2D eigenvalue weighted by atomic mass is 9.89. The molecule has 0 amide bonds. The van der Waals surface area contributed by atoms with Gasteiger partial charge in [0.25, 0.3) is 0 Å². The highest BCUT2D eigenvalue weighted by Gasteiger charge is 2.24. The maximum absolute atomic E-state index is 2.58. The van der Waals surface area contributed by atoms with Gasteiger partial charge in [-0.2, -0.15) is 0 Å². The minimum absolute atomic E-state index is 0.868. The lowest BCUT2D eigenvalue weighted by Crippen LogP contribution is -2.02. The van der Waals surface area contributed by atoms with E-state index in [1.54, 1.807) is 0 Å². The van der Waals surface area contributed by atoms with E-state index in [-0.39, 0.29) is 0 Å². The van der Waals surface area contributed by atoms with Crippen LogP contribution in [-0.2, 0) is 12.8 Å². The Kier molecular flexibility index (Phi) is 6.00. The van der Waals surface area contributed by atoms with Crippen LogP contribution in [0.1, 0.15) is 44.7 Å². The SMILES string of the molecule is C1=Cc2sc3ccc4c5ccccc5n(C5=CC=C(c6ccc7c8c(cccc68)/C=C/C=C\C=C\7)Cc6ccccc65)c4c3c2CC1. The Morgan fingerprint density at radius 1 is 0.596 bits per heavy atom. The van der Waals surface area contributed by atoms with Gasteiger partial charge in [-0.05, 0) is 87.7 Å². The molecule has 0 atom stereocenters. The molecule has 2 heterocycles. The normalized spacial score (nSPS) is 17.4. The third-order valence-electron chi connectivity index (χ3n) is 10.1. The molecule has 1 nitrogen and oxygen atoms in total. The zero-order valence-corrected chi connectivity index (χ0v) is 26.7. The Bertz CT molecular complexity index is 2620. The Hall–Kier alpha value is -5.44. The van der Waals surface area contributed by atoms with Gasteiger partial charge in [0.2, 0.25) is 0 Å². The number of fused-ring (bicyclic) bond motifs is 8. The van der Waals surface area contributed by atoms with E-state index in [9.17, 15) is 0 Å². The Morgan fingerprint density at radius 3 is 2.36 bits per heavy atom. The number of para-hydroxylation sites is 1. The fourth-order valence-electron chi connectivity index (χ4n) is 8.08. The zero-order chi connectivity index (χ0) is 30.9. The monoisotopic (exact) mass is 617 g/mol. The number of rotatable bonds is 2. The van der Waals surface area contributed by atoms with Crippen molar-refractivity contribution in [2.75, 3.05) is 0 Å². The molecule has 0 spiro atoms. The third-order valence-corrected chi connectivity index (χ3v) is 11.3. The molecule has 0 saturated carbocycles. The lowest BCUT2D eigenvalue weighted by Gasteiger charge is -2.17. The summed E-state index contributed by atoms with van der Waals surface area (Å²) < 4.78 is 3.95. The summed E-state index contributed by atoms with van der Waals surface area (Å²) in [6, 6.07) is 34.1. The van der Waals surface area contributed by atoms with Crippen molar-refractivity contribution in [3.8, 4) is 0 Å². The molecule has 0 aliphatic heterocycles. The highest BCUT2D eigenvalue weighted by molar-refractivity contribution is 7.20. The van der Waals surface area contributed by atoms with Crippen LogP contribution in [-0.4, -0.2) is 4.57 Å². The van der Waals surface area contributed by atoms with Gasteiger partial charge in [0, 0.05) is 31.3 Å². The summed E-state index contributed by atoms with van der Waals surface area (Å²) in [4.78, 5) is 1.42. The number of thiophene rings is 1.